The number of hydrogen-bond acceptors (Lipinski definition) is 3. The summed E-state index contributed by atoms with van der Waals surface area (Å²) in [6.07, 6.45) is 0. The van der Waals surface area contributed by atoms with Crippen molar-refractivity contribution < 1.29 is 31.1 Å². The van der Waals surface area contributed by atoms with E-state index in [-0.39, 0.29) is 0 Å². The molecule has 6 aromatic carbocycles. The van der Waals surface area contributed by atoms with Crippen LogP contribution in [-0.2, 0) is 9.13 Å². The van der Waals surface area contributed by atoms with Crippen molar-refractivity contribution in [3.05, 3.63) is 157 Å². The predicted octanol–water partition coefficient (Wildman–Crippen LogP) is 7.42. The van der Waals surface area contributed by atoms with Crippen molar-refractivity contribution in [2.24, 2.45) is 0 Å². The summed E-state index contributed by atoms with van der Waals surface area (Å²) in [6.45, 7) is 0. The van der Waals surface area contributed by atoms with Crippen molar-refractivity contribution in [2.75, 3.05) is 0 Å². The van der Waals surface area contributed by atoms with Gasteiger partial charge in [-0.25, -0.2) is 17.6 Å². The number of furan rings is 1. The standard InChI is InChI=1S/C36H22F4O3P2/c37-23-1-9-27(10-2-23)44(41,28-11-3-24(38)4-12-28)31-17-19-33-34-20-18-32(22-36(34)43-35(33)21-31)45(42,29-13-5-25(39)6-14-29)30-15-7-26(40)8-16-30/h1-22H. The molecule has 222 valence electrons. The average molecular weight is 641 g/mol. The third kappa shape index (κ3) is 4.93. The molecule has 0 unspecified atom stereocenters. The second-order valence-corrected chi connectivity index (χ2v) is 16.1. The number of halogens is 4. The molecular formula is C36H22F4O3P2. The minimum Gasteiger partial charge on any atom is -0.456 e. The van der Waals surface area contributed by atoms with Crippen LogP contribution < -0.4 is 31.8 Å². The second-order valence-electron chi connectivity index (χ2n) is 10.6. The summed E-state index contributed by atoms with van der Waals surface area (Å²) in [5, 5.41) is 3.69. The lowest BCUT2D eigenvalue weighted by Gasteiger charge is -2.20. The topological polar surface area (TPSA) is 47.3 Å². The summed E-state index contributed by atoms with van der Waals surface area (Å²) in [5.41, 5.74) is 0.810. The highest BCUT2D eigenvalue weighted by Crippen LogP contribution is 2.45. The first-order valence-electron chi connectivity index (χ1n) is 13.9. The number of fused-ring (bicyclic) bond motifs is 3. The average Bonchev–Trinajstić information content (AvgIpc) is 3.42. The van der Waals surface area contributed by atoms with Crippen LogP contribution in [0, 0.1) is 23.3 Å². The molecule has 0 saturated heterocycles. The first-order valence-corrected chi connectivity index (χ1v) is 17.3. The molecule has 7 rings (SSSR count). The van der Waals surface area contributed by atoms with Crippen LogP contribution in [0.5, 0.6) is 0 Å². The molecule has 0 spiro atoms. The molecule has 0 radical (unpaired) electrons. The van der Waals surface area contributed by atoms with Crippen LogP contribution in [0.15, 0.2) is 138 Å². The Morgan fingerprint density at radius 3 is 0.867 bits per heavy atom. The molecule has 3 nitrogen and oxygen atoms in total. The number of hydrogen-bond donors (Lipinski definition) is 0. The minimum absolute atomic E-state index is 0.368. The van der Waals surface area contributed by atoms with Crippen molar-refractivity contribution in [1.82, 2.24) is 0 Å². The fourth-order valence-electron chi connectivity index (χ4n) is 5.64. The zero-order valence-electron chi connectivity index (χ0n) is 23.3. The van der Waals surface area contributed by atoms with Gasteiger partial charge in [0.15, 0.2) is 14.3 Å². The molecule has 9 heteroatoms. The van der Waals surface area contributed by atoms with E-state index in [0.29, 0.717) is 53.8 Å². The van der Waals surface area contributed by atoms with E-state index in [9.17, 15) is 26.7 Å². The monoisotopic (exact) mass is 640 g/mol. The van der Waals surface area contributed by atoms with Crippen LogP contribution in [0.2, 0.25) is 0 Å². The van der Waals surface area contributed by atoms with Gasteiger partial charge >= 0.3 is 0 Å². The molecule has 0 aliphatic carbocycles. The molecule has 7 aromatic rings. The Hall–Kier alpha value is -4.70. The molecule has 0 amide bonds. The highest BCUT2D eigenvalue weighted by Gasteiger charge is 2.32. The zero-order chi connectivity index (χ0) is 31.3. The van der Waals surface area contributed by atoms with Crippen LogP contribution in [0.3, 0.4) is 0 Å². The van der Waals surface area contributed by atoms with Crippen LogP contribution in [-0.4, -0.2) is 0 Å². The van der Waals surface area contributed by atoms with Gasteiger partial charge in [0.2, 0.25) is 0 Å². The highest BCUT2D eigenvalue weighted by atomic mass is 31.2. The fraction of sp³-hybridized carbons (Fsp3) is 0. The smallest absolute Gasteiger partial charge is 0.171 e. The predicted molar refractivity (Wildman–Crippen MR) is 172 cm³/mol. The maximum atomic E-state index is 14.9. The van der Waals surface area contributed by atoms with Gasteiger partial charge in [-0.05, 0) is 133 Å². The van der Waals surface area contributed by atoms with Crippen LogP contribution in [0.1, 0.15) is 0 Å². The summed E-state index contributed by atoms with van der Waals surface area (Å²) in [6, 6.07) is 31.8. The van der Waals surface area contributed by atoms with Crippen molar-refractivity contribution in [3.63, 3.8) is 0 Å². The van der Waals surface area contributed by atoms with E-state index in [0.717, 1.165) is 0 Å². The van der Waals surface area contributed by atoms with E-state index in [1.807, 2.05) is 0 Å². The Bertz CT molecular complexity index is 2030. The van der Waals surface area contributed by atoms with E-state index in [1.165, 1.54) is 97.1 Å². The Morgan fingerprint density at radius 1 is 0.356 bits per heavy atom. The van der Waals surface area contributed by atoms with Crippen molar-refractivity contribution >= 4 is 68.0 Å². The Labute approximate surface area is 255 Å². The largest absolute Gasteiger partial charge is 0.456 e. The lowest BCUT2D eigenvalue weighted by atomic mass is 10.1. The lowest BCUT2D eigenvalue weighted by molar-refractivity contribution is 0.591. The Kier molecular flexibility index (Phi) is 7.12. The summed E-state index contributed by atoms with van der Waals surface area (Å²) in [5.74, 6) is -1.92. The second kappa shape index (κ2) is 11.0. The fourth-order valence-corrected chi connectivity index (χ4v) is 10.9. The third-order valence-electron chi connectivity index (χ3n) is 7.93. The van der Waals surface area contributed by atoms with Gasteiger partial charge < -0.3 is 13.5 Å². The van der Waals surface area contributed by atoms with E-state index in [2.05, 4.69) is 0 Å². The SMILES string of the molecule is O=P(c1ccc(F)cc1)(c1ccc(F)cc1)c1ccc2c(c1)oc1cc(P(=O)(c3ccc(F)cc3)c3ccc(F)cc3)ccc12. The van der Waals surface area contributed by atoms with Gasteiger partial charge in [-0.15, -0.1) is 0 Å². The van der Waals surface area contributed by atoms with Gasteiger partial charge in [-0.1, -0.05) is 0 Å². The van der Waals surface area contributed by atoms with E-state index >= 15 is 0 Å². The van der Waals surface area contributed by atoms with Crippen LogP contribution in [0.25, 0.3) is 21.9 Å². The summed E-state index contributed by atoms with van der Waals surface area (Å²) < 4.78 is 91.3. The number of benzene rings is 6. The molecule has 0 fully saturated rings. The minimum atomic E-state index is -3.59. The normalized spacial score (nSPS) is 12.2. The van der Waals surface area contributed by atoms with Gasteiger partial charge in [-0.2, -0.15) is 0 Å². The lowest BCUT2D eigenvalue weighted by Crippen LogP contribution is -2.25. The molecule has 0 aliphatic heterocycles. The van der Waals surface area contributed by atoms with Crippen LogP contribution >= 0.6 is 14.3 Å². The maximum Gasteiger partial charge on any atom is 0.171 e. The van der Waals surface area contributed by atoms with E-state index in [1.54, 1.807) is 36.4 Å². The molecule has 45 heavy (non-hydrogen) atoms. The summed E-state index contributed by atoms with van der Waals surface area (Å²) in [7, 11) is -7.17. The van der Waals surface area contributed by atoms with Gasteiger partial charge in [0, 0.05) is 42.6 Å². The Morgan fingerprint density at radius 2 is 0.600 bits per heavy atom. The van der Waals surface area contributed by atoms with Gasteiger partial charge in [0.25, 0.3) is 0 Å². The maximum absolute atomic E-state index is 14.9. The van der Waals surface area contributed by atoms with Gasteiger partial charge in [0.1, 0.15) is 34.4 Å². The molecule has 0 atom stereocenters. The molecule has 0 saturated carbocycles. The van der Waals surface area contributed by atoms with Crippen LogP contribution in [0.4, 0.5) is 17.6 Å². The summed E-state index contributed by atoms with van der Waals surface area (Å²) in [4.78, 5) is 0. The first kappa shape index (κ1) is 29.0. The quantitative estimate of drug-likeness (QED) is 0.141. The molecule has 0 N–H and O–H groups in total. The third-order valence-corrected chi connectivity index (χ3v) is 14.0. The van der Waals surface area contributed by atoms with Gasteiger partial charge in [-0.3, -0.25) is 0 Å². The van der Waals surface area contributed by atoms with Crippen molar-refractivity contribution in [1.29, 1.82) is 0 Å². The molecule has 0 bridgehead atoms. The van der Waals surface area contributed by atoms with Crippen molar-refractivity contribution in [3.8, 4) is 0 Å². The highest BCUT2D eigenvalue weighted by molar-refractivity contribution is 7.85. The first-order chi connectivity index (χ1) is 21.7. The van der Waals surface area contributed by atoms with Crippen molar-refractivity contribution in [2.45, 2.75) is 0 Å². The number of rotatable bonds is 6. The van der Waals surface area contributed by atoms with Gasteiger partial charge in [0.05, 0.1) is 0 Å². The summed E-state index contributed by atoms with van der Waals surface area (Å²) >= 11 is 0. The van der Waals surface area contributed by atoms with E-state index in [4.69, 9.17) is 4.42 Å². The molecule has 0 aliphatic rings. The molecular weight excluding hydrogens is 618 g/mol. The molecule has 1 aromatic heterocycles. The molecule has 1 heterocycles. The van der Waals surface area contributed by atoms with E-state index < -0.39 is 37.6 Å². The Balaban J connectivity index is 1.40. The zero-order valence-corrected chi connectivity index (χ0v) is 25.1.